The smallest absolute Gasteiger partial charge is 0.131 e. The van der Waals surface area contributed by atoms with Crippen molar-refractivity contribution in [3.05, 3.63) is 12.4 Å². The molecule has 1 rings (SSSR count). The fraction of sp³-hybridized carbons (Fsp3) is 0.667. The highest BCUT2D eigenvalue weighted by Gasteiger charge is 2.15. The maximum atomic E-state index is 5.68. The predicted octanol–water partition coefficient (Wildman–Crippen LogP) is 0.932. The third-order valence-corrected chi connectivity index (χ3v) is 2.58. The number of nitrogens with one attached hydrogen (secondary N) is 2. The summed E-state index contributed by atoms with van der Waals surface area (Å²) in [6.07, 6.45) is 1.53. The Morgan fingerprint density at radius 2 is 1.94 bits per heavy atom. The van der Waals surface area contributed by atoms with E-state index in [0.717, 1.165) is 24.7 Å². The van der Waals surface area contributed by atoms with E-state index in [-0.39, 0.29) is 5.41 Å². The minimum absolute atomic E-state index is 0.0502. The van der Waals surface area contributed by atoms with Gasteiger partial charge in [-0.3, -0.25) is 0 Å². The topological polar surface area (TPSA) is 85.1 Å². The Labute approximate surface area is 108 Å². The van der Waals surface area contributed by atoms with Crippen molar-refractivity contribution in [3.63, 3.8) is 0 Å². The van der Waals surface area contributed by atoms with Crippen molar-refractivity contribution >= 4 is 11.6 Å². The van der Waals surface area contributed by atoms with Crippen LogP contribution in [0.25, 0.3) is 0 Å². The third-order valence-electron chi connectivity index (χ3n) is 2.58. The van der Waals surface area contributed by atoms with Crippen molar-refractivity contribution in [2.24, 2.45) is 11.1 Å². The van der Waals surface area contributed by atoms with Crippen molar-refractivity contribution in [1.82, 2.24) is 9.97 Å². The van der Waals surface area contributed by atoms with Crippen LogP contribution >= 0.6 is 0 Å². The third kappa shape index (κ3) is 5.29. The molecule has 0 saturated heterocycles. The van der Waals surface area contributed by atoms with Gasteiger partial charge in [-0.1, -0.05) is 13.8 Å². The molecular formula is C12H23N5O. The maximum Gasteiger partial charge on any atom is 0.131 e. The fourth-order valence-electron chi connectivity index (χ4n) is 1.23. The standard InChI is InChI=1S/C12H23N5O/c1-12(2,7-13)8-15-11-6-10(16-9-17-11)14-4-5-18-3/h6,9H,4-5,7-8,13H2,1-3H3,(H2,14,15,16,17). The molecule has 4 N–H and O–H groups in total. The SMILES string of the molecule is COCCNc1cc(NCC(C)(C)CN)ncn1. The molecule has 0 aliphatic heterocycles. The molecule has 0 fully saturated rings. The van der Waals surface area contributed by atoms with Crippen LogP contribution in [0.5, 0.6) is 0 Å². The summed E-state index contributed by atoms with van der Waals surface area (Å²) < 4.78 is 4.97. The number of ether oxygens (including phenoxy) is 1. The second kappa shape index (κ2) is 7.13. The first kappa shape index (κ1) is 14.7. The van der Waals surface area contributed by atoms with Crippen molar-refractivity contribution in [2.75, 3.05) is 44.0 Å². The molecular weight excluding hydrogens is 230 g/mol. The number of rotatable bonds is 8. The molecule has 0 amide bonds. The van der Waals surface area contributed by atoms with Crippen LogP contribution in [0.4, 0.5) is 11.6 Å². The lowest BCUT2D eigenvalue weighted by Crippen LogP contribution is -2.31. The second-order valence-corrected chi connectivity index (χ2v) is 4.93. The molecule has 0 spiro atoms. The van der Waals surface area contributed by atoms with Gasteiger partial charge in [-0.15, -0.1) is 0 Å². The van der Waals surface area contributed by atoms with E-state index in [1.165, 1.54) is 6.33 Å². The van der Waals surface area contributed by atoms with Gasteiger partial charge in [0.25, 0.3) is 0 Å². The summed E-state index contributed by atoms with van der Waals surface area (Å²) in [6.45, 7) is 6.99. The first-order valence-electron chi connectivity index (χ1n) is 6.06. The Morgan fingerprint density at radius 1 is 1.28 bits per heavy atom. The van der Waals surface area contributed by atoms with Gasteiger partial charge < -0.3 is 21.1 Å². The summed E-state index contributed by atoms with van der Waals surface area (Å²) in [7, 11) is 1.67. The van der Waals surface area contributed by atoms with Crippen molar-refractivity contribution in [2.45, 2.75) is 13.8 Å². The molecule has 6 nitrogen and oxygen atoms in total. The van der Waals surface area contributed by atoms with E-state index in [0.29, 0.717) is 13.2 Å². The van der Waals surface area contributed by atoms with Crippen LogP contribution in [0, 0.1) is 5.41 Å². The summed E-state index contributed by atoms with van der Waals surface area (Å²) in [5, 5.41) is 6.42. The summed E-state index contributed by atoms with van der Waals surface area (Å²) in [5.41, 5.74) is 5.73. The number of nitrogens with two attached hydrogens (primary N) is 1. The molecule has 18 heavy (non-hydrogen) atoms. The van der Waals surface area contributed by atoms with Crippen molar-refractivity contribution in [3.8, 4) is 0 Å². The van der Waals surface area contributed by atoms with Gasteiger partial charge in [0.15, 0.2) is 0 Å². The maximum absolute atomic E-state index is 5.68. The van der Waals surface area contributed by atoms with Crippen LogP contribution < -0.4 is 16.4 Å². The normalized spacial score (nSPS) is 11.3. The molecule has 0 aliphatic rings. The molecule has 0 radical (unpaired) electrons. The minimum Gasteiger partial charge on any atom is -0.383 e. The van der Waals surface area contributed by atoms with E-state index in [9.17, 15) is 0 Å². The molecule has 1 aromatic heterocycles. The van der Waals surface area contributed by atoms with Gasteiger partial charge in [-0.05, 0) is 12.0 Å². The largest absolute Gasteiger partial charge is 0.383 e. The zero-order chi connectivity index (χ0) is 13.4. The molecule has 0 atom stereocenters. The summed E-state index contributed by atoms with van der Waals surface area (Å²) in [4.78, 5) is 8.30. The van der Waals surface area contributed by atoms with Gasteiger partial charge in [-0.25, -0.2) is 9.97 Å². The van der Waals surface area contributed by atoms with Crippen LogP contribution in [0.15, 0.2) is 12.4 Å². The minimum atomic E-state index is 0.0502. The van der Waals surface area contributed by atoms with Crippen LogP contribution in [0.2, 0.25) is 0 Å². The Kier molecular flexibility index (Phi) is 5.80. The first-order chi connectivity index (χ1) is 8.57. The molecule has 0 aliphatic carbocycles. The van der Waals surface area contributed by atoms with E-state index in [4.69, 9.17) is 10.5 Å². The summed E-state index contributed by atoms with van der Waals surface area (Å²) in [5.74, 6) is 1.58. The lowest BCUT2D eigenvalue weighted by atomic mass is 9.94. The predicted molar refractivity (Wildman–Crippen MR) is 73.7 cm³/mol. The first-order valence-corrected chi connectivity index (χ1v) is 6.06. The monoisotopic (exact) mass is 253 g/mol. The number of anilines is 2. The lowest BCUT2D eigenvalue weighted by molar-refractivity contribution is 0.210. The Bertz CT molecular complexity index is 356. The molecule has 0 bridgehead atoms. The molecule has 0 aromatic carbocycles. The fourth-order valence-corrected chi connectivity index (χ4v) is 1.23. The van der Waals surface area contributed by atoms with Gasteiger partial charge in [-0.2, -0.15) is 0 Å². The second-order valence-electron chi connectivity index (χ2n) is 4.93. The Morgan fingerprint density at radius 3 is 2.56 bits per heavy atom. The molecule has 1 aromatic rings. The lowest BCUT2D eigenvalue weighted by Gasteiger charge is -2.22. The van der Waals surface area contributed by atoms with Gasteiger partial charge in [0.2, 0.25) is 0 Å². The molecule has 1 heterocycles. The molecule has 102 valence electrons. The van der Waals surface area contributed by atoms with E-state index < -0.39 is 0 Å². The van der Waals surface area contributed by atoms with E-state index >= 15 is 0 Å². The van der Waals surface area contributed by atoms with E-state index in [1.54, 1.807) is 7.11 Å². The highest BCUT2D eigenvalue weighted by molar-refractivity contribution is 5.46. The summed E-state index contributed by atoms with van der Waals surface area (Å²) >= 11 is 0. The van der Waals surface area contributed by atoms with E-state index in [2.05, 4.69) is 34.4 Å². The Balaban J connectivity index is 2.49. The average Bonchev–Trinajstić information content (AvgIpc) is 2.38. The van der Waals surface area contributed by atoms with Crippen LogP contribution in [-0.4, -0.2) is 43.3 Å². The number of methoxy groups -OCH3 is 1. The summed E-state index contributed by atoms with van der Waals surface area (Å²) in [6, 6.07) is 1.88. The highest BCUT2D eigenvalue weighted by Crippen LogP contribution is 2.15. The number of hydrogen-bond acceptors (Lipinski definition) is 6. The highest BCUT2D eigenvalue weighted by atomic mass is 16.5. The molecule has 6 heteroatoms. The zero-order valence-corrected chi connectivity index (χ0v) is 11.4. The van der Waals surface area contributed by atoms with Gasteiger partial charge in [0.05, 0.1) is 6.61 Å². The number of aromatic nitrogens is 2. The van der Waals surface area contributed by atoms with Crippen molar-refractivity contribution < 1.29 is 4.74 Å². The number of hydrogen-bond donors (Lipinski definition) is 3. The van der Waals surface area contributed by atoms with Crippen LogP contribution in [0.1, 0.15) is 13.8 Å². The Hall–Kier alpha value is -1.40. The number of nitrogens with zero attached hydrogens (tertiary/aromatic N) is 2. The van der Waals surface area contributed by atoms with E-state index in [1.807, 2.05) is 6.07 Å². The molecule has 0 saturated carbocycles. The van der Waals surface area contributed by atoms with Crippen LogP contribution in [-0.2, 0) is 4.74 Å². The van der Waals surface area contributed by atoms with Crippen LogP contribution in [0.3, 0.4) is 0 Å². The van der Waals surface area contributed by atoms with Gasteiger partial charge >= 0.3 is 0 Å². The van der Waals surface area contributed by atoms with Crippen molar-refractivity contribution in [1.29, 1.82) is 0 Å². The average molecular weight is 253 g/mol. The van der Waals surface area contributed by atoms with Gasteiger partial charge in [0.1, 0.15) is 18.0 Å². The molecule has 0 unspecified atom stereocenters. The van der Waals surface area contributed by atoms with Gasteiger partial charge in [0, 0.05) is 26.3 Å². The zero-order valence-electron chi connectivity index (χ0n) is 11.4. The quantitative estimate of drug-likeness (QED) is 0.598.